The maximum atomic E-state index is 14.6. The monoisotopic (exact) mass is 458 g/mol. The van der Waals surface area contributed by atoms with Crippen LogP contribution in [0.2, 0.25) is 0 Å². The number of aromatic nitrogens is 4. The molecule has 0 radical (unpaired) electrons. The van der Waals surface area contributed by atoms with E-state index in [1.807, 2.05) is 43.5 Å². The lowest BCUT2D eigenvalue weighted by Crippen LogP contribution is -2.41. The summed E-state index contributed by atoms with van der Waals surface area (Å²) in [5, 5.41) is 17.3. The minimum absolute atomic E-state index is 0.0154. The summed E-state index contributed by atoms with van der Waals surface area (Å²) < 4.78 is 29.5. The molecule has 0 saturated carbocycles. The molecule has 0 aliphatic rings. The van der Waals surface area contributed by atoms with E-state index >= 15 is 0 Å². The molecular weight excluding hydrogens is 438 g/mol. The second-order valence-electron chi connectivity index (χ2n) is 7.16. The molecule has 0 unspecified atom stereocenters. The number of pyridine rings is 1. The third kappa shape index (κ3) is 4.89. The van der Waals surface area contributed by atoms with Gasteiger partial charge in [-0.05, 0) is 24.4 Å². The lowest BCUT2D eigenvalue weighted by atomic mass is 9.90. The van der Waals surface area contributed by atoms with Crippen molar-refractivity contribution in [3.8, 4) is 0 Å². The molecule has 0 amide bonds. The number of fused-ring (bicyclic) bond motifs is 1. The molecule has 0 fully saturated rings. The van der Waals surface area contributed by atoms with Gasteiger partial charge in [0.25, 0.3) is 0 Å². The van der Waals surface area contributed by atoms with Crippen molar-refractivity contribution in [2.24, 2.45) is 0 Å². The third-order valence-corrected chi connectivity index (χ3v) is 7.90. The van der Waals surface area contributed by atoms with E-state index in [-0.39, 0.29) is 12.1 Å². The Morgan fingerprint density at radius 2 is 1.94 bits per heavy atom. The van der Waals surface area contributed by atoms with E-state index in [0.717, 1.165) is 28.6 Å². The number of hydrogen-bond donors (Lipinski definition) is 1. The fourth-order valence-electron chi connectivity index (χ4n) is 3.32. The fraction of sp³-hybridized carbons (Fsp3) is 0.227. The molecule has 1 N–H and O–H groups in total. The van der Waals surface area contributed by atoms with E-state index in [4.69, 9.17) is 0 Å². The van der Waals surface area contributed by atoms with Gasteiger partial charge in [0, 0.05) is 34.2 Å². The number of rotatable bonds is 8. The average Bonchev–Trinajstić information content (AvgIpc) is 3.26. The molecule has 5 nitrogen and oxygen atoms in total. The van der Waals surface area contributed by atoms with E-state index in [2.05, 4.69) is 15.1 Å². The van der Waals surface area contributed by atoms with E-state index in [1.54, 1.807) is 0 Å². The van der Waals surface area contributed by atoms with Crippen LogP contribution >= 0.6 is 21.6 Å². The maximum Gasteiger partial charge on any atom is 0.137 e. The number of hydrogen-bond acceptors (Lipinski definition) is 6. The summed E-state index contributed by atoms with van der Waals surface area (Å²) in [6, 6.07) is 13.3. The van der Waals surface area contributed by atoms with Crippen molar-refractivity contribution in [1.29, 1.82) is 0 Å². The van der Waals surface area contributed by atoms with Crippen LogP contribution in [-0.4, -0.2) is 30.1 Å². The van der Waals surface area contributed by atoms with Gasteiger partial charge >= 0.3 is 0 Å². The van der Waals surface area contributed by atoms with Crippen molar-refractivity contribution >= 4 is 32.4 Å². The third-order valence-electron chi connectivity index (χ3n) is 5.05. The van der Waals surface area contributed by atoms with Crippen LogP contribution in [0.3, 0.4) is 0 Å². The molecule has 2 atom stereocenters. The molecule has 31 heavy (non-hydrogen) atoms. The van der Waals surface area contributed by atoms with Gasteiger partial charge < -0.3 is 5.11 Å². The number of aliphatic hydroxyl groups is 1. The second-order valence-corrected chi connectivity index (χ2v) is 9.87. The second kappa shape index (κ2) is 9.33. The van der Waals surface area contributed by atoms with Gasteiger partial charge in [0.15, 0.2) is 0 Å². The van der Waals surface area contributed by atoms with Gasteiger partial charge in [-0.1, -0.05) is 51.9 Å². The summed E-state index contributed by atoms with van der Waals surface area (Å²) in [7, 11) is 2.94. The number of benzene rings is 2. The van der Waals surface area contributed by atoms with Crippen molar-refractivity contribution in [2.75, 3.05) is 0 Å². The van der Waals surface area contributed by atoms with Gasteiger partial charge in [0.2, 0.25) is 0 Å². The van der Waals surface area contributed by atoms with Crippen LogP contribution in [0.1, 0.15) is 18.2 Å². The van der Waals surface area contributed by atoms with Gasteiger partial charge in [-0.2, -0.15) is 5.10 Å². The molecule has 2 aromatic heterocycles. The van der Waals surface area contributed by atoms with Gasteiger partial charge in [-0.25, -0.2) is 18.4 Å². The van der Waals surface area contributed by atoms with Crippen molar-refractivity contribution in [3.63, 3.8) is 0 Å². The van der Waals surface area contributed by atoms with Crippen molar-refractivity contribution in [3.05, 3.63) is 90.3 Å². The van der Waals surface area contributed by atoms with Gasteiger partial charge in [-0.15, -0.1) is 0 Å². The number of halogens is 2. The summed E-state index contributed by atoms with van der Waals surface area (Å²) in [4.78, 5) is 8.38. The predicted octanol–water partition coefficient (Wildman–Crippen LogP) is 4.96. The molecule has 9 heteroatoms. The molecule has 0 aliphatic carbocycles. The Kier molecular flexibility index (Phi) is 6.54. The van der Waals surface area contributed by atoms with Crippen LogP contribution in [0.15, 0.2) is 67.4 Å². The van der Waals surface area contributed by atoms with Crippen LogP contribution < -0.4 is 0 Å². The van der Waals surface area contributed by atoms with Gasteiger partial charge in [0.1, 0.15) is 29.9 Å². The van der Waals surface area contributed by atoms with Gasteiger partial charge in [0.05, 0.1) is 12.2 Å². The molecule has 0 saturated heterocycles. The molecular formula is C22H20F2N4OS2. The highest BCUT2D eigenvalue weighted by Gasteiger charge is 2.39. The predicted molar refractivity (Wildman–Crippen MR) is 120 cm³/mol. The lowest BCUT2D eigenvalue weighted by Gasteiger charge is -2.34. The first-order valence-electron chi connectivity index (χ1n) is 9.58. The molecule has 0 spiro atoms. The molecule has 4 aromatic rings. The average molecular weight is 459 g/mol. The van der Waals surface area contributed by atoms with Crippen LogP contribution in [0.4, 0.5) is 8.78 Å². The van der Waals surface area contributed by atoms with Crippen molar-refractivity contribution in [2.45, 2.75) is 30.1 Å². The smallest absolute Gasteiger partial charge is 0.137 e. The van der Waals surface area contributed by atoms with Crippen LogP contribution in [-0.2, 0) is 17.9 Å². The topological polar surface area (TPSA) is 63.8 Å². The summed E-state index contributed by atoms with van der Waals surface area (Å²) in [6.07, 6.45) is 4.64. The highest BCUT2D eigenvalue weighted by atomic mass is 33.1. The Balaban J connectivity index is 1.51. The normalized spacial score (nSPS) is 14.5. The van der Waals surface area contributed by atoms with Crippen LogP contribution in [0.25, 0.3) is 10.8 Å². The van der Waals surface area contributed by atoms with Gasteiger partial charge in [-0.3, -0.25) is 4.98 Å². The highest BCUT2D eigenvalue weighted by molar-refractivity contribution is 8.76. The quantitative estimate of drug-likeness (QED) is 0.377. The first kappa shape index (κ1) is 21.7. The Labute approximate surface area is 186 Å². The lowest BCUT2D eigenvalue weighted by molar-refractivity contribution is 0.0137. The van der Waals surface area contributed by atoms with Crippen molar-refractivity contribution in [1.82, 2.24) is 19.7 Å². The summed E-state index contributed by atoms with van der Waals surface area (Å²) in [5.74, 6) is -0.872. The molecule has 160 valence electrons. The van der Waals surface area contributed by atoms with E-state index < -0.39 is 22.5 Å². The largest absolute Gasteiger partial charge is 0.382 e. The minimum Gasteiger partial charge on any atom is -0.382 e. The summed E-state index contributed by atoms with van der Waals surface area (Å²) >= 11 is 0. The first-order chi connectivity index (χ1) is 15.0. The molecule has 2 aromatic carbocycles. The molecule has 2 heterocycles. The zero-order chi connectivity index (χ0) is 21.8. The fourth-order valence-corrected chi connectivity index (χ4v) is 5.89. The van der Waals surface area contributed by atoms with E-state index in [1.165, 1.54) is 45.0 Å². The Morgan fingerprint density at radius 1 is 1.13 bits per heavy atom. The summed E-state index contributed by atoms with van der Waals surface area (Å²) in [6.45, 7) is 1.80. The Hall–Kier alpha value is -2.49. The zero-order valence-corrected chi connectivity index (χ0v) is 18.3. The Bertz CT molecular complexity index is 1180. The Morgan fingerprint density at radius 3 is 2.68 bits per heavy atom. The molecule has 4 rings (SSSR count). The van der Waals surface area contributed by atoms with E-state index in [9.17, 15) is 13.9 Å². The standard InChI is InChI=1S/C22H20F2N4OS2/c1-15(31-30-11-19-8-16-4-2-3-5-17(16)10-26-19)22(29,12-28-14-25-13-27-28)20-7-6-18(23)9-21(20)24/h2-10,13-15,29H,11-12H2,1H3/t15-,22-/m1/s1. The number of nitrogens with zero attached hydrogens (tertiary/aromatic N) is 4. The summed E-state index contributed by atoms with van der Waals surface area (Å²) in [5.41, 5.74) is -0.690. The molecule has 0 bridgehead atoms. The van der Waals surface area contributed by atoms with Crippen LogP contribution in [0.5, 0.6) is 0 Å². The van der Waals surface area contributed by atoms with Crippen LogP contribution in [0, 0.1) is 11.6 Å². The first-order valence-corrected chi connectivity index (χ1v) is 12.0. The van der Waals surface area contributed by atoms with Crippen molar-refractivity contribution < 1.29 is 13.9 Å². The SMILES string of the molecule is C[C@@H](SSCc1cc2ccccc2cn1)[C@](O)(Cn1cncn1)c1ccc(F)cc1F. The highest BCUT2D eigenvalue weighted by Crippen LogP contribution is 2.41. The zero-order valence-electron chi connectivity index (χ0n) is 16.7. The maximum absolute atomic E-state index is 14.6. The minimum atomic E-state index is -1.63. The van der Waals surface area contributed by atoms with E-state index in [0.29, 0.717) is 5.75 Å². The molecule has 0 aliphatic heterocycles.